The molecule has 0 bridgehead atoms. The monoisotopic (exact) mass is 836 g/mol. The first-order chi connectivity index (χ1) is 32.7. The van der Waals surface area contributed by atoms with Crippen LogP contribution in [-0.4, -0.2) is 4.57 Å². The summed E-state index contributed by atoms with van der Waals surface area (Å²) in [6.07, 6.45) is 0. The molecule has 2 heteroatoms. The summed E-state index contributed by atoms with van der Waals surface area (Å²) >= 11 is 0. The van der Waals surface area contributed by atoms with Crippen molar-refractivity contribution in [3.63, 3.8) is 0 Å². The van der Waals surface area contributed by atoms with E-state index in [0.717, 1.165) is 22.7 Å². The van der Waals surface area contributed by atoms with Gasteiger partial charge in [0.25, 0.3) is 0 Å². The van der Waals surface area contributed by atoms with Gasteiger partial charge in [-0.3, -0.25) is 0 Å². The molecule has 0 aliphatic heterocycles. The van der Waals surface area contributed by atoms with Crippen LogP contribution in [-0.2, 0) is 0 Å². The van der Waals surface area contributed by atoms with Gasteiger partial charge in [-0.05, 0) is 148 Å². The molecule has 0 unspecified atom stereocenters. The first-order valence-electron chi connectivity index (χ1n) is 22.8. The number of aromatic nitrogens is 1. The summed E-state index contributed by atoms with van der Waals surface area (Å²) in [6.45, 7) is 0. The highest BCUT2D eigenvalue weighted by Crippen LogP contribution is 2.46. The Kier molecular flexibility index (Phi) is 8.02. The van der Waals surface area contributed by atoms with Crippen LogP contribution < -0.4 is 4.90 Å². The van der Waals surface area contributed by atoms with Gasteiger partial charge in [-0.15, -0.1) is 0 Å². The van der Waals surface area contributed by atoms with Crippen LogP contribution >= 0.6 is 0 Å². The summed E-state index contributed by atoms with van der Waals surface area (Å²) in [5.41, 5.74) is 9.37. The van der Waals surface area contributed by atoms with Crippen LogP contribution in [0.15, 0.2) is 243 Å². The molecule has 0 spiro atoms. The van der Waals surface area contributed by atoms with Crippen LogP contribution in [0.1, 0.15) is 0 Å². The van der Waals surface area contributed by atoms with Crippen molar-refractivity contribution in [2.45, 2.75) is 0 Å². The molecule has 0 aliphatic carbocycles. The van der Waals surface area contributed by atoms with Gasteiger partial charge in [0, 0.05) is 33.2 Å². The SMILES string of the molecule is c1ccc(-c2ccc3c4c5cc6c7ccc(N(c8ccc9ccccc9c8)c8cccc9ccccc89)cc7c7ccccc7c6cc5ccc4n(-c4ccc5ccccc5c4)c3c2)cc1. The third-order valence-electron chi connectivity index (χ3n) is 14.0. The highest BCUT2D eigenvalue weighted by molar-refractivity contribution is 6.31. The van der Waals surface area contributed by atoms with Crippen molar-refractivity contribution in [3.05, 3.63) is 243 Å². The Balaban J connectivity index is 1.05. The van der Waals surface area contributed by atoms with Crippen molar-refractivity contribution in [2.75, 3.05) is 4.90 Å². The van der Waals surface area contributed by atoms with Crippen molar-refractivity contribution in [2.24, 2.45) is 0 Å². The molecule has 0 fully saturated rings. The minimum Gasteiger partial charge on any atom is -0.310 e. The number of hydrogen-bond donors (Lipinski definition) is 0. The zero-order valence-corrected chi connectivity index (χ0v) is 36.0. The average Bonchev–Trinajstić information content (AvgIpc) is 3.72. The Morgan fingerprint density at radius 1 is 0.258 bits per heavy atom. The van der Waals surface area contributed by atoms with Gasteiger partial charge in [0.1, 0.15) is 0 Å². The van der Waals surface area contributed by atoms with E-state index in [1.165, 1.54) is 108 Å². The van der Waals surface area contributed by atoms with Crippen LogP contribution in [0.5, 0.6) is 0 Å². The maximum absolute atomic E-state index is 2.49. The Labute approximate surface area is 381 Å². The van der Waals surface area contributed by atoms with E-state index in [2.05, 4.69) is 252 Å². The largest absolute Gasteiger partial charge is 0.310 e. The maximum atomic E-state index is 2.49. The quantitative estimate of drug-likeness (QED) is 0.124. The van der Waals surface area contributed by atoms with Gasteiger partial charge in [-0.1, -0.05) is 176 Å². The molecule has 0 saturated carbocycles. The molecule has 0 saturated heterocycles. The normalized spacial score (nSPS) is 11.9. The fourth-order valence-electron chi connectivity index (χ4n) is 11.0. The lowest BCUT2D eigenvalue weighted by Gasteiger charge is -2.28. The van der Waals surface area contributed by atoms with Gasteiger partial charge < -0.3 is 9.47 Å². The fraction of sp³-hybridized carbons (Fsp3) is 0. The van der Waals surface area contributed by atoms with Gasteiger partial charge in [0.15, 0.2) is 0 Å². The Hall–Kier alpha value is -8.72. The summed E-state index contributed by atoms with van der Waals surface area (Å²) in [4.78, 5) is 2.45. The summed E-state index contributed by atoms with van der Waals surface area (Å²) < 4.78 is 2.48. The van der Waals surface area contributed by atoms with E-state index >= 15 is 0 Å². The van der Waals surface area contributed by atoms with Crippen molar-refractivity contribution >= 4 is 114 Å². The van der Waals surface area contributed by atoms with Crippen LogP contribution in [0.3, 0.4) is 0 Å². The Morgan fingerprint density at radius 2 is 0.833 bits per heavy atom. The third-order valence-corrected chi connectivity index (χ3v) is 14.0. The van der Waals surface area contributed by atoms with E-state index in [4.69, 9.17) is 0 Å². The molecule has 0 atom stereocenters. The number of anilines is 3. The van der Waals surface area contributed by atoms with Crippen molar-refractivity contribution in [1.29, 1.82) is 0 Å². The Bertz CT molecular complexity index is 4290. The second-order valence-corrected chi connectivity index (χ2v) is 17.7. The van der Waals surface area contributed by atoms with Gasteiger partial charge >= 0.3 is 0 Å². The average molecular weight is 837 g/mol. The topological polar surface area (TPSA) is 8.17 Å². The molecule has 1 heterocycles. The molecule has 306 valence electrons. The smallest absolute Gasteiger partial charge is 0.0547 e. The second kappa shape index (κ2) is 14.4. The van der Waals surface area contributed by atoms with Gasteiger partial charge in [-0.2, -0.15) is 0 Å². The lowest BCUT2D eigenvalue weighted by Crippen LogP contribution is -2.10. The molecule has 2 nitrogen and oxygen atoms in total. The van der Waals surface area contributed by atoms with Gasteiger partial charge in [0.05, 0.1) is 16.7 Å². The molecule has 0 N–H and O–H groups in total. The molecular formula is C64H40N2. The number of hydrogen-bond acceptors (Lipinski definition) is 1. The van der Waals surface area contributed by atoms with Gasteiger partial charge in [-0.25, -0.2) is 0 Å². The molecule has 1 aromatic heterocycles. The Morgan fingerprint density at radius 3 is 1.64 bits per heavy atom. The van der Waals surface area contributed by atoms with Crippen LogP contribution in [0.2, 0.25) is 0 Å². The first-order valence-corrected chi connectivity index (χ1v) is 22.8. The fourth-order valence-corrected chi connectivity index (χ4v) is 11.0. The minimum atomic E-state index is 1.12. The number of benzene rings is 13. The zero-order chi connectivity index (χ0) is 43.3. The molecule has 14 rings (SSSR count). The molecular weight excluding hydrogens is 797 g/mol. The lowest BCUT2D eigenvalue weighted by atomic mass is 9.91. The molecule has 0 aliphatic rings. The van der Waals surface area contributed by atoms with Crippen LogP contribution in [0, 0.1) is 0 Å². The van der Waals surface area contributed by atoms with E-state index in [-0.39, 0.29) is 0 Å². The maximum Gasteiger partial charge on any atom is 0.0547 e. The van der Waals surface area contributed by atoms with E-state index in [9.17, 15) is 0 Å². The molecule has 0 amide bonds. The predicted octanol–water partition coefficient (Wildman–Crippen LogP) is 18.0. The highest BCUT2D eigenvalue weighted by atomic mass is 15.1. The van der Waals surface area contributed by atoms with E-state index in [0.29, 0.717) is 0 Å². The number of fused-ring (bicyclic) bond motifs is 14. The van der Waals surface area contributed by atoms with Crippen molar-refractivity contribution in [1.82, 2.24) is 4.57 Å². The van der Waals surface area contributed by atoms with Crippen molar-refractivity contribution in [3.8, 4) is 16.8 Å². The summed E-state index contributed by atoms with van der Waals surface area (Å²) in [7, 11) is 0. The zero-order valence-electron chi connectivity index (χ0n) is 36.0. The molecule has 66 heavy (non-hydrogen) atoms. The lowest BCUT2D eigenvalue weighted by molar-refractivity contribution is 1.19. The van der Waals surface area contributed by atoms with Crippen LogP contribution in [0.25, 0.3) is 114 Å². The second-order valence-electron chi connectivity index (χ2n) is 17.7. The summed E-state index contributed by atoms with van der Waals surface area (Å²) in [5.74, 6) is 0. The van der Waals surface area contributed by atoms with E-state index in [1.54, 1.807) is 0 Å². The highest BCUT2D eigenvalue weighted by Gasteiger charge is 2.21. The first kappa shape index (κ1) is 36.7. The summed E-state index contributed by atoms with van der Waals surface area (Å²) in [6, 6.07) is 89.8. The molecule has 13 aromatic carbocycles. The standard InChI is InChI=1S/C64H40N2/c1-2-13-41(14-3-1)47-27-32-56-63(38-47)66(50-30-26-43-16-5-7-19-46(43)36-50)62-34-28-48-37-58-53-22-10-11-23-54(53)59-39-51(31-33-55(59)60(58)40-57(48)64(56)62)65(49-29-25-42-15-4-6-18-45(42)35-49)61-24-12-20-44-17-8-9-21-52(44)61/h1-40H. The molecule has 14 aromatic rings. The summed E-state index contributed by atoms with van der Waals surface area (Å²) in [5, 5.41) is 19.9. The van der Waals surface area contributed by atoms with Crippen molar-refractivity contribution < 1.29 is 0 Å². The molecule has 0 radical (unpaired) electrons. The predicted molar refractivity (Wildman–Crippen MR) is 283 cm³/mol. The number of nitrogens with zero attached hydrogens (tertiary/aromatic N) is 2. The van der Waals surface area contributed by atoms with Crippen LogP contribution in [0.4, 0.5) is 17.1 Å². The van der Waals surface area contributed by atoms with Gasteiger partial charge in [0.2, 0.25) is 0 Å². The minimum absolute atomic E-state index is 1.12. The van der Waals surface area contributed by atoms with E-state index < -0.39 is 0 Å². The van der Waals surface area contributed by atoms with E-state index in [1.807, 2.05) is 0 Å². The third kappa shape index (κ3) is 5.62. The number of rotatable bonds is 5.